The summed E-state index contributed by atoms with van der Waals surface area (Å²) in [6, 6.07) is 12.3. The van der Waals surface area contributed by atoms with Crippen molar-refractivity contribution in [2.75, 3.05) is 49.5 Å². The molecule has 1 aliphatic carbocycles. The van der Waals surface area contributed by atoms with Crippen LogP contribution >= 0.6 is 0 Å². The van der Waals surface area contributed by atoms with Gasteiger partial charge in [0, 0.05) is 45.2 Å². The molecule has 1 amide bonds. The molecule has 5 N–H and O–H groups in total. The highest BCUT2D eigenvalue weighted by atomic mass is 19.1. The molecule has 0 radical (unpaired) electrons. The number of nitrogens with zero attached hydrogens (tertiary/aromatic N) is 2. The molecule has 2 aromatic rings. The van der Waals surface area contributed by atoms with Crippen molar-refractivity contribution in [3.63, 3.8) is 0 Å². The molecule has 180 valence electrons. The quantitative estimate of drug-likeness (QED) is 0.420. The first-order valence-electron chi connectivity index (χ1n) is 11.4. The first-order valence-corrected chi connectivity index (χ1v) is 11.4. The topological polar surface area (TPSA) is 110 Å². The third kappa shape index (κ3) is 4.82. The van der Waals surface area contributed by atoms with E-state index in [0.29, 0.717) is 35.9 Å². The van der Waals surface area contributed by atoms with Crippen LogP contribution in [0, 0.1) is 0 Å². The average molecular weight is 468 g/mol. The van der Waals surface area contributed by atoms with E-state index in [0.717, 1.165) is 13.1 Å². The Morgan fingerprint density at radius 3 is 2.65 bits per heavy atom. The second-order valence-corrected chi connectivity index (χ2v) is 8.35. The molecule has 0 saturated carbocycles. The zero-order valence-corrected chi connectivity index (χ0v) is 19.1. The van der Waals surface area contributed by atoms with Gasteiger partial charge in [0.05, 0.1) is 12.3 Å². The van der Waals surface area contributed by atoms with Crippen LogP contribution < -0.4 is 20.9 Å². The van der Waals surface area contributed by atoms with Crippen molar-refractivity contribution in [2.24, 2.45) is 0 Å². The van der Waals surface area contributed by atoms with Crippen LogP contribution in [0.15, 0.2) is 60.3 Å². The monoisotopic (exact) mass is 467 g/mol. The van der Waals surface area contributed by atoms with Gasteiger partial charge in [0.25, 0.3) is 0 Å². The summed E-state index contributed by atoms with van der Waals surface area (Å²) in [6.45, 7) is 4.36. The summed E-state index contributed by atoms with van der Waals surface area (Å²) in [7, 11) is 0. The maximum atomic E-state index is 17.2. The van der Waals surface area contributed by atoms with Crippen LogP contribution in [0.1, 0.15) is 18.1 Å². The Morgan fingerprint density at radius 2 is 1.97 bits per heavy atom. The van der Waals surface area contributed by atoms with Gasteiger partial charge in [-0.05, 0) is 29.3 Å². The molecule has 2 unspecified atom stereocenters. The molecular weight excluding hydrogens is 437 g/mol. The molecule has 1 aliphatic heterocycles. The smallest absolute Gasteiger partial charge is 0.221 e. The average Bonchev–Trinajstić information content (AvgIpc) is 2.86. The predicted octanol–water partition coefficient (Wildman–Crippen LogP) is 1.54. The van der Waals surface area contributed by atoms with E-state index in [1.165, 1.54) is 19.1 Å². The number of rotatable bonds is 7. The van der Waals surface area contributed by atoms with Gasteiger partial charge < -0.3 is 31.1 Å². The number of pyridine rings is 1. The van der Waals surface area contributed by atoms with Gasteiger partial charge in [-0.2, -0.15) is 0 Å². The van der Waals surface area contributed by atoms with E-state index in [-0.39, 0.29) is 24.4 Å². The number of hydrogen-bond donors (Lipinski definition) is 5. The maximum Gasteiger partial charge on any atom is 0.221 e. The molecule has 1 saturated heterocycles. The van der Waals surface area contributed by atoms with Crippen LogP contribution in [0.2, 0.25) is 0 Å². The van der Waals surface area contributed by atoms with E-state index >= 15 is 4.39 Å². The summed E-state index contributed by atoms with van der Waals surface area (Å²) in [6.07, 6.45) is 1.56. The molecule has 8 nitrogen and oxygen atoms in total. The van der Waals surface area contributed by atoms with Crippen LogP contribution in [-0.2, 0) is 10.5 Å². The zero-order valence-electron chi connectivity index (χ0n) is 19.1. The summed E-state index contributed by atoms with van der Waals surface area (Å²) in [5.74, 6) is 0.496. The lowest BCUT2D eigenvalue weighted by molar-refractivity contribution is -0.119. The van der Waals surface area contributed by atoms with Gasteiger partial charge in [-0.25, -0.2) is 9.37 Å². The molecule has 2 atom stereocenters. The SMILES string of the molecule is CC(=O)NC1=CC=C(c2ccccc2)C(O)C1(F)c1cc(NCCO)nc(N2CCNCC2)c1. The number of aromatic nitrogens is 1. The van der Waals surface area contributed by atoms with Gasteiger partial charge >= 0.3 is 0 Å². The number of nitrogens with one attached hydrogen (secondary N) is 3. The standard InChI is InChI=1S/C25H30FN5O3/c1-17(33)29-21-8-7-20(18-5-3-2-4-6-18)24(34)25(21,26)19-15-22(28-11-14-32)30-23(16-19)31-12-9-27-10-13-31/h2-8,15-16,24,27,32,34H,9-14H2,1H3,(H,28,30)(H,29,33). The Morgan fingerprint density at radius 1 is 1.24 bits per heavy atom. The number of amides is 1. The van der Waals surface area contributed by atoms with Crippen LogP contribution in [0.25, 0.3) is 5.57 Å². The van der Waals surface area contributed by atoms with E-state index < -0.39 is 17.7 Å². The number of piperazine rings is 1. The number of carbonyl (C=O) groups is 1. The molecule has 2 aliphatic rings. The van der Waals surface area contributed by atoms with Crippen molar-refractivity contribution < 1.29 is 19.4 Å². The minimum absolute atomic E-state index is 0.0437. The molecule has 1 aromatic heterocycles. The molecule has 1 aromatic carbocycles. The van der Waals surface area contributed by atoms with E-state index in [2.05, 4.69) is 20.9 Å². The van der Waals surface area contributed by atoms with Crippen molar-refractivity contribution >= 4 is 23.1 Å². The van der Waals surface area contributed by atoms with Gasteiger partial charge in [0.1, 0.15) is 17.7 Å². The molecule has 9 heteroatoms. The van der Waals surface area contributed by atoms with Crippen molar-refractivity contribution in [1.82, 2.24) is 15.6 Å². The number of halogens is 1. The van der Waals surface area contributed by atoms with Gasteiger partial charge in [0.2, 0.25) is 11.6 Å². The summed E-state index contributed by atoms with van der Waals surface area (Å²) >= 11 is 0. The van der Waals surface area contributed by atoms with Gasteiger partial charge in [-0.15, -0.1) is 0 Å². The maximum absolute atomic E-state index is 17.2. The molecule has 0 spiro atoms. The van der Waals surface area contributed by atoms with Gasteiger partial charge in [0.15, 0.2) is 0 Å². The van der Waals surface area contributed by atoms with Crippen LogP contribution in [-0.4, -0.2) is 66.5 Å². The van der Waals surface area contributed by atoms with E-state index in [9.17, 15) is 15.0 Å². The Hall–Kier alpha value is -3.27. The van der Waals surface area contributed by atoms with Crippen LogP contribution in [0.5, 0.6) is 0 Å². The first-order chi connectivity index (χ1) is 16.4. The number of benzene rings is 1. The van der Waals surface area contributed by atoms with Gasteiger partial charge in [-0.3, -0.25) is 4.79 Å². The fraction of sp³-hybridized carbons (Fsp3) is 0.360. The fourth-order valence-corrected chi connectivity index (χ4v) is 4.32. The molecule has 2 heterocycles. The highest BCUT2D eigenvalue weighted by molar-refractivity contribution is 5.79. The Kier molecular flexibility index (Phi) is 7.26. The lowest BCUT2D eigenvalue weighted by Crippen LogP contribution is -2.46. The highest BCUT2D eigenvalue weighted by Gasteiger charge is 2.48. The third-order valence-corrected chi connectivity index (χ3v) is 6.00. The molecule has 4 rings (SSSR count). The van der Waals surface area contributed by atoms with Gasteiger partial charge in [-0.1, -0.05) is 36.4 Å². The lowest BCUT2D eigenvalue weighted by Gasteiger charge is -2.38. The minimum Gasteiger partial charge on any atom is -0.395 e. The van der Waals surface area contributed by atoms with Crippen LogP contribution in [0.4, 0.5) is 16.0 Å². The number of allylic oxidation sites excluding steroid dienone is 2. The zero-order chi connectivity index (χ0) is 24.1. The van der Waals surface area contributed by atoms with Crippen molar-refractivity contribution in [3.05, 3.63) is 71.4 Å². The van der Waals surface area contributed by atoms with Crippen molar-refractivity contribution in [2.45, 2.75) is 18.7 Å². The van der Waals surface area contributed by atoms with Crippen LogP contribution in [0.3, 0.4) is 0 Å². The first kappa shape index (κ1) is 23.9. The molecule has 0 bridgehead atoms. The third-order valence-electron chi connectivity index (χ3n) is 6.00. The second kappa shape index (κ2) is 10.3. The summed E-state index contributed by atoms with van der Waals surface area (Å²) in [5, 5.41) is 29.5. The molecular formula is C25H30FN5O3. The van der Waals surface area contributed by atoms with Crippen molar-refractivity contribution in [1.29, 1.82) is 0 Å². The summed E-state index contributed by atoms with van der Waals surface area (Å²) in [4.78, 5) is 18.6. The predicted molar refractivity (Wildman–Crippen MR) is 130 cm³/mol. The summed E-state index contributed by atoms with van der Waals surface area (Å²) < 4.78 is 17.2. The van der Waals surface area contributed by atoms with Crippen molar-refractivity contribution in [3.8, 4) is 0 Å². The van der Waals surface area contributed by atoms with E-state index in [1.54, 1.807) is 24.3 Å². The number of anilines is 2. The number of aliphatic hydroxyl groups is 2. The number of carbonyl (C=O) groups excluding carboxylic acids is 1. The Balaban J connectivity index is 1.83. The van der Waals surface area contributed by atoms with E-state index in [1.807, 2.05) is 23.1 Å². The normalized spacial score (nSPS) is 22.6. The lowest BCUT2D eigenvalue weighted by atomic mass is 9.78. The minimum atomic E-state index is -2.44. The Bertz CT molecular complexity index is 1090. The molecule has 1 fully saturated rings. The molecule has 34 heavy (non-hydrogen) atoms. The Labute approximate surface area is 198 Å². The highest BCUT2D eigenvalue weighted by Crippen LogP contribution is 2.45. The number of alkyl halides is 1. The summed E-state index contributed by atoms with van der Waals surface area (Å²) in [5.41, 5.74) is -1.23. The second-order valence-electron chi connectivity index (χ2n) is 8.35. The largest absolute Gasteiger partial charge is 0.395 e. The number of hydrogen-bond acceptors (Lipinski definition) is 7. The number of aliphatic hydroxyl groups excluding tert-OH is 2. The van der Waals surface area contributed by atoms with E-state index in [4.69, 9.17) is 0 Å². The fourth-order valence-electron chi connectivity index (χ4n) is 4.32.